The second-order valence-electron chi connectivity index (χ2n) is 4.06. The molecule has 8 nitrogen and oxygen atoms in total. The molecule has 116 valence electrons. The number of rotatable bonds is 4. The van der Waals surface area contributed by atoms with E-state index >= 15 is 0 Å². The van der Waals surface area contributed by atoms with Crippen molar-refractivity contribution in [2.24, 2.45) is 0 Å². The molecule has 10 heteroatoms. The SMILES string of the molecule is COC(=O)c1cccn1S(=O)(=O)c1ccc(Br)cc1[N+](=O)[O-]. The first-order chi connectivity index (χ1) is 10.3. The molecule has 22 heavy (non-hydrogen) atoms. The summed E-state index contributed by atoms with van der Waals surface area (Å²) in [6.07, 6.45) is 1.12. The molecule has 0 N–H and O–H groups in total. The van der Waals surface area contributed by atoms with Gasteiger partial charge < -0.3 is 4.74 Å². The van der Waals surface area contributed by atoms with Crippen molar-refractivity contribution in [1.29, 1.82) is 0 Å². The molecule has 0 saturated carbocycles. The molecule has 0 amide bonds. The number of nitro benzene ring substituents is 1. The van der Waals surface area contributed by atoms with Crippen molar-refractivity contribution in [2.75, 3.05) is 7.11 Å². The monoisotopic (exact) mass is 388 g/mol. The molecule has 0 aliphatic heterocycles. The topological polar surface area (TPSA) is 109 Å². The zero-order chi connectivity index (χ0) is 16.5. The van der Waals surface area contributed by atoms with Crippen molar-refractivity contribution in [3.05, 3.63) is 56.8 Å². The highest BCUT2D eigenvalue weighted by atomic mass is 79.9. The molecule has 1 aromatic carbocycles. The summed E-state index contributed by atoms with van der Waals surface area (Å²) >= 11 is 3.05. The molecule has 0 fully saturated rings. The van der Waals surface area contributed by atoms with E-state index in [2.05, 4.69) is 20.7 Å². The summed E-state index contributed by atoms with van der Waals surface area (Å²) in [5.41, 5.74) is -0.849. The number of carbonyl (C=O) groups excluding carboxylic acids is 1. The maximum absolute atomic E-state index is 12.6. The Morgan fingerprint density at radius 3 is 2.64 bits per heavy atom. The van der Waals surface area contributed by atoms with Gasteiger partial charge in [-0.1, -0.05) is 15.9 Å². The van der Waals surface area contributed by atoms with Gasteiger partial charge in [-0.3, -0.25) is 10.1 Å². The van der Waals surface area contributed by atoms with Crippen LogP contribution in [0.4, 0.5) is 5.69 Å². The lowest BCUT2D eigenvalue weighted by Crippen LogP contribution is -2.19. The van der Waals surface area contributed by atoms with Crippen LogP contribution in [0.3, 0.4) is 0 Å². The number of benzene rings is 1. The Morgan fingerprint density at radius 2 is 2.05 bits per heavy atom. The van der Waals surface area contributed by atoms with Gasteiger partial charge in [0.25, 0.3) is 15.7 Å². The molecule has 0 atom stereocenters. The Balaban J connectivity index is 2.70. The number of nitro groups is 1. The largest absolute Gasteiger partial charge is 0.464 e. The van der Waals surface area contributed by atoms with Gasteiger partial charge >= 0.3 is 5.97 Å². The van der Waals surface area contributed by atoms with Gasteiger partial charge in [-0.15, -0.1) is 0 Å². The van der Waals surface area contributed by atoms with Crippen LogP contribution in [0.2, 0.25) is 0 Å². The molecule has 2 rings (SSSR count). The minimum absolute atomic E-state index is 0.250. The van der Waals surface area contributed by atoms with E-state index in [4.69, 9.17) is 0 Å². The van der Waals surface area contributed by atoms with E-state index < -0.39 is 31.5 Å². The molecule has 0 unspecified atom stereocenters. The fourth-order valence-electron chi connectivity index (χ4n) is 1.80. The third-order valence-corrected chi connectivity index (χ3v) is 4.99. The molecule has 0 radical (unpaired) electrons. The fraction of sp³-hybridized carbons (Fsp3) is 0.0833. The Morgan fingerprint density at radius 1 is 1.36 bits per heavy atom. The maximum Gasteiger partial charge on any atom is 0.355 e. The lowest BCUT2D eigenvalue weighted by atomic mass is 10.3. The number of carbonyl (C=O) groups is 1. The molecule has 0 aliphatic rings. The normalized spacial score (nSPS) is 11.2. The molecule has 0 saturated heterocycles. The number of nitrogens with zero attached hydrogens (tertiary/aromatic N) is 2. The highest BCUT2D eigenvalue weighted by Gasteiger charge is 2.30. The van der Waals surface area contributed by atoms with Crippen LogP contribution in [-0.2, 0) is 14.8 Å². The van der Waals surface area contributed by atoms with Gasteiger partial charge in [0.2, 0.25) is 0 Å². The van der Waals surface area contributed by atoms with Gasteiger partial charge in [-0.2, -0.15) is 0 Å². The van der Waals surface area contributed by atoms with Crippen molar-refractivity contribution < 1.29 is 22.9 Å². The number of ether oxygens (including phenoxy) is 1. The van der Waals surface area contributed by atoms with Gasteiger partial charge in [0, 0.05) is 16.7 Å². The molecule has 0 bridgehead atoms. The first-order valence-corrected chi connectivity index (χ1v) is 7.97. The summed E-state index contributed by atoms with van der Waals surface area (Å²) in [7, 11) is -3.21. The summed E-state index contributed by atoms with van der Waals surface area (Å²) < 4.78 is 30.7. The van der Waals surface area contributed by atoms with Gasteiger partial charge in [-0.25, -0.2) is 17.2 Å². The van der Waals surface area contributed by atoms with E-state index in [1.807, 2.05) is 0 Å². The molecular weight excluding hydrogens is 380 g/mol. The van der Waals surface area contributed by atoms with Crippen LogP contribution < -0.4 is 0 Å². The van der Waals surface area contributed by atoms with Crippen LogP contribution >= 0.6 is 15.9 Å². The van der Waals surface area contributed by atoms with E-state index in [9.17, 15) is 23.3 Å². The predicted molar refractivity (Wildman–Crippen MR) is 79.2 cm³/mol. The van der Waals surface area contributed by atoms with Gasteiger partial charge in [0.1, 0.15) is 5.69 Å². The molecule has 0 aliphatic carbocycles. The van der Waals surface area contributed by atoms with Crippen LogP contribution in [0.15, 0.2) is 45.9 Å². The van der Waals surface area contributed by atoms with E-state index in [1.165, 1.54) is 18.2 Å². The third-order valence-electron chi connectivity index (χ3n) is 2.76. The first kappa shape index (κ1) is 16.2. The number of hydrogen-bond acceptors (Lipinski definition) is 6. The number of hydrogen-bond donors (Lipinski definition) is 0. The van der Waals surface area contributed by atoms with Crippen molar-refractivity contribution in [3.63, 3.8) is 0 Å². The fourth-order valence-corrected chi connectivity index (χ4v) is 3.62. The Kier molecular flexibility index (Phi) is 4.33. The second kappa shape index (κ2) is 5.89. The van der Waals surface area contributed by atoms with Crippen molar-refractivity contribution in [3.8, 4) is 0 Å². The highest BCUT2D eigenvalue weighted by molar-refractivity contribution is 9.10. The Bertz CT molecular complexity index is 858. The van der Waals surface area contributed by atoms with E-state index in [1.54, 1.807) is 0 Å². The van der Waals surface area contributed by atoms with Crippen molar-refractivity contribution in [2.45, 2.75) is 4.90 Å². The van der Waals surface area contributed by atoms with Crippen molar-refractivity contribution in [1.82, 2.24) is 3.97 Å². The average molecular weight is 389 g/mol. The Labute approximate surface area is 133 Å². The van der Waals surface area contributed by atoms with Crippen LogP contribution in [0, 0.1) is 10.1 Å². The molecule has 1 heterocycles. The number of halogens is 1. The quantitative estimate of drug-likeness (QED) is 0.451. The molecule has 2 aromatic rings. The highest BCUT2D eigenvalue weighted by Crippen LogP contribution is 2.29. The van der Waals surface area contributed by atoms with E-state index in [0.717, 1.165) is 25.4 Å². The van der Waals surface area contributed by atoms with Gasteiger partial charge in [0.15, 0.2) is 4.90 Å². The lowest BCUT2D eigenvalue weighted by molar-refractivity contribution is -0.387. The van der Waals surface area contributed by atoms with Crippen LogP contribution in [0.25, 0.3) is 0 Å². The summed E-state index contributed by atoms with van der Waals surface area (Å²) in [5.74, 6) is -0.867. The van der Waals surface area contributed by atoms with Crippen LogP contribution in [-0.4, -0.2) is 30.4 Å². The third kappa shape index (κ3) is 2.74. The van der Waals surface area contributed by atoms with Crippen molar-refractivity contribution >= 4 is 37.6 Å². The van der Waals surface area contributed by atoms with Crippen LogP contribution in [0.5, 0.6) is 0 Å². The molecule has 0 spiro atoms. The summed E-state index contributed by atoms with van der Waals surface area (Å²) in [5, 5.41) is 11.1. The summed E-state index contributed by atoms with van der Waals surface area (Å²) in [6.45, 7) is 0. The zero-order valence-corrected chi connectivity index (χ0v) is 13.5. The summed E-state index contributed by atoms with van der Waals surface area (Å²) in [6, 6.07) is 6.11. The van der Waals surface area contributed by atoms with Gasteiger partial charge in [-0.05, 0) is 24.3 Å². The molecule has 1 aromatic heterocycles. The Hall–Kier alpha value is -2.20. The average Bonchev–Trinajstić information content (AvgIpc) is 2.96. The maximum atomic E-state index is 12.6. The standard InChI is InChI=1S/C12H9BrN2O6S/c1-21-12(16)9-3-2-6-14(9)22(19,20)11-5-4-8(13)7-10(11)15(17)18/h2-7H,1H3. The zero-order valence-electron chi connectivity index (χ0n) is 11.1. The smallest absolute Gasteiger partial charge is 0.355 e. The minimum atomic E-state index is -4.32. The number of esters is 1. The van der Waals surface area contributed by atoms with Gasteiger partial charge in [0.05, 0.1) is 12.0 Å². The minimum Gasteiger partial charge on any atom is -0.464 e. The van der Waals surface area contributed by atoms with Crippen LogP contribution in [0.1, 0.15) is 10.5 Å². The number of aromatic nitrogens is 1. The van der Waals surface area contributed by atoms with E-state index in [0.29, 0.717) is 8.45 Å². The number of methoxy groups -OCH3 is 1. The second-order valence-corrected chi connectivity index (χ2v) is 6.75. The first-order valence-electron chi connectivity index (χ1n) is 5.74. The van der Waals surface area contributed by atoms with E-state index in [-0.39, 0.29) is 5.69 Å². The predicted octanol–water partition coefficient (Wildman–Crippen LogP) is 2.18. The lowest BCUT2D eigenvalue weighted by Gasteiger charge is -2.09. The summed E-state index contributed by atoms with van der Waals surface area (Å²) in [4.78, 5) is 21.3. The molecular formula is C12H9BrN2O6S.